The number of hydrogen-bond donors (Lipinski definition) is 1. The quantitative estimate of drug-likeness (QED) is 0.882. The van der Waals surface area contributed by atoms with Gasteiger partial charge in [-0.05, 0) is 23.6 Å². The summed E-state index contributed by atoms with van der Waals surface area (Å²) in [5.41, 5.74) is 1.28. The van der Waals surface area contributed by atoms with E-state index in [1.807, 2.05) is 17.5 Å². The van der Waals surface area contributed by atoms with E-state index in [0.717, 1.165) is 18.8 Å². The maximum absolute atomic E-state index is 12.2. The Labute approximate surface area is 121 Å². The highest BCUT2D eigenvalue weighted by Gasteiger charge is 2.17. The second-order valence-electron chi connectivity index (χ2n) is 4.61. The van der Waals surface area contributed by atoms with E-state index >= 15 is 0 Å². The number of benzene rings is 1. The van der Waals surface area contributed by atoms with E-state index < -0.39 is 0 Å². The Morgan fingerprint density at radius 1 is 1.25 bits per heavy atom. The molecule has 0 aliphatic carbocycles. The van der Waals surface area contributed by atoms with Gasteiger partial charge in [0.25, 0.3) is 0 Å². The average Bonchev–Trinajstić information content (AvgIpc) is 3.01. The van der Waals surface area contributed by atoms with Crippen molar-refractivity contribution in [2.24, 2.45) is 0 Å². The molecule has 1 fully saturated rings. The Morgan fingerprint density at radius 2 is 2.05 bits per heavy atom. The van der Waals surface area contributed by atoms with Gasteiger partial charge in [0.1, 0.15) is 5.75 Å². The highest BCUT2D eigenvalue weighted by atomic mass is 32.1. The zero-order chi connectivity index (χ0) is 13.9. The van der Waals surface area contributed by atoms with E-state index in [0.29, 0.717) is 23.7 Å². The molecule has 0 amide bonds. The van der Waals surface area contributed by atoms with Gasteiger partial charge in [-0.3, -0.25) is 4.79 Å². The van der Waals surface area contributed by atoms with Crippen molar-refractivity contribution in [3.8, 4) is 5.75 Å². The predicted molar refractivity (Wildman–Crippen MR) is 78.9 cm³/mol. The molecular formula is C15H15NO3S. The second kappa shape index (κ2) is 5.64. The molecule has 1 aliphatic heterocycles. The van der Waals surface area contributed by atoms with Crippen molar-refractivity contribution in [3.05, 3.63) is 46.2 Å². The molecule has 1 N–H and O–H groups in total. The van der Waals surface area contributed by atoms with Crippen LogP contribution in [-0.4, -0.2) is 37.2 Å². The molecule has 1 aromatic heterocycles. The summed E-state index contributed by atoms with van der Waals surface area (Å²) in [6, 6.07) is 8.83. The molecule has 2 aromatic rings. The van der Waals surface area contributed by atoms with Gasteiger partial charge in [-0.1, -0.05) is 6.07 Å². The monoisotopic (exact) mass is 289 g/mol. The SMILES string of the molecule is O=C(c1cccs1)c1ccc(N2CCOCC2)cc1O. The van der Waals surface area contributed by atoms with Crippen LogP contribution >= 0.6 is 11.3 Å². The summed E-state index contributed by atoms with van der Waals surface area (Å²) in [5.74, 6) is -0.0987. The fraction of sp³-hybridized carbons (Fsp3) is 0.267. The van der Waals surface area contributed by atoms with E-state index in [1.165, 1.54) is 11.3 Å². The molecule has 1 saturated heterocycles. The summed E-state index contributed by atoms with van der Waals surface area (Å²) >= 11 is 1.38. The van der Waals surface area contributed by atoms with Gasteiger partial charge in [0.2, 0.25) is 5.78 Å². The first kappa shape index (κ1) is 13.1. The van der Waals surface area contributed by atoms with Gasteiger partial charge in [-0.25, -0.2) is 0 Å². The van der Waals surface area contributed by atoms with Crippen LogP contribution in [0.1, 0.15) is 15.2 Å². The van der Waals surface area contributed by atoms with E-state index in [4.69, 9.17) is 4.74 Å². The number of carbonyl (C=O) groups excluding carboxylic acids is 1. The lowest BCUT2D eigenvalue weighted by Crippen LogP contribution is -2.36. The summed E-state index contributed by atoms with van der Waals surface area (Å²) in [6.45, 7) is 2.99. The molecule has 0 radical (unpaired) electrons. The Morgan fingerprint density at radius 3 is 2.70 bits per heavy atom. The molecule has 1 aromatic carbocycles. The molecule has 0 atom stereocenters. The molecule has 0 bridgehead atoms. The lowest BCUT2D eigenvalue weighted by Gasteiger charge is -2.29. The third-order valence-corrected chi connectivity index (χ3v) is 4.22. The number of morpholine rings is 1. The van der Waals surface area contributed by atoms with Gasteiger partial charge >= 0.3 is 0 Å². The van der Waals surface area contributed by atoms with Crippen molar-refractivity contribution in [2.45, 2.75) is 0 Å². The zero-order valence-corrected chi connectivity index (χ0v) is 11.7. The van der Waals surface area contributed by atoms with Crippen LogP contribution in [-0.2, 0) is 4.74 Å². The number of rotatable bonds is 3. The molecule has 20 heavy (non-hydrogen) atoms. The number of aromatic hydroxyl groups is 1. The van der Waals surface area contributed by atoms with Gasteiger partial charge in [0, 0.05) is 24.8 Å². The van der Waals surface area contributed by atoms with Crippen molar-refractivity contribution in [3.63, 3.8) is 0 Å². The van der Waals surface area contributed by atoms with Crippen LogP contribution in [0.4, 0.5) is 5.69 Å². The van der Waals surface area contributed by atoms with E-state index in [9.17, 15) is 9.90 Å². The summed E-state index contributed by atoms with van der Waals surface area (Å²) in [4.78, 5) is 15.0. The first-order valence-corrected chi connectivity index (χ1v) is 7.37. The fourth-order valence-electron chi connectivity index (χ4n) is 2.27. The number of hydrogen-bond acceptors (Lipinski definition) is 5. The maximum atomic E-state index is 12.2. The van der Waals surface area contributed by atoms with Crippen molar-refractivity contribution >= 4 is 22.8 Å². The summed E-state index contributed by atoms with van der Waals surface area (Å²) in [6.07, 6.45) is 0. The third kappa shape index (κ3) is 2.55. The van der Waals surface area contributed by atoms with Crippen molar-refractivity contribution in [2.75, 3.05) is 31.2 Å². The lowest BCUT2D eigenvalue weighted by molar-refractivity contribution is 0.104. The minimum atomic E-state index is -0.133. The van der Waals surface area contributed by atoms with Gasteiger partial charge in [0.15, 0.2) is 0 Å². The van der Waals surface area contributed by atoms with Crippen LogP contribution in [0.15, 0.2) is 35.7 Å². The highest BCUT2D eigenvalue weighted by molar-refractivity contribution is 7.12. The Bertz CT molecular complexity index is 604. The van der Waals surface area contributed by atoms with Gasteiger partial charge in [0.05, 0.1) is 23.7 Å². The average molecular weight is 289 g/mol. The molecule has 0 unspecified atom stereocenters. The summed E-state index contributed by atoms with van der Waals surface area (Å²) in [5, 5.41) is 12.0. The number of anilines is 1. The molecule has 0 spiro atoms. The van der Waals surface area contributed by atoms with Crippen molar-refractivity contribution in [1.29, 1.82) is 0 Å². The van der Waals surface area contributed by atoms with Crippen LogP contribution < -0.4 is 4.90 Å². The molecule has 4 nitrogen and oxygen atoms in total. The predicted octanol–water partition coefficient (Wildman–Crippen LogP) is 2.52. The Hall–Kier alpha value is -1.85. The Kier molecular flexibility index (Phi) is 3.71. The van der Waals surface area contributed by atoms with E-state index in [-0.39, 0.29) is 11.5 Å². The van der Waals surface area contributed by atoms with E-state index in [2.05, 4.69) is 4.90 Å². The number of carbonyl (C=O) groups is 1. The van der Waals surface area contributed by atoms with Crippen molar-refractivity contribution < 1.29 is 14.6 Å². The maximum Gasteiger partial charge on any atom is 0.206 e. The summed E-state index contributed by atoms with van der Waals surface area (Å²) in [7, 11) is 0. The minimum Gasteiger partial charge on any atom is -0.507 e. The summed E-state index contributed by atoms with van der Waals surface area (Å²) < 4.78 is 5.31. The molecule has 0 saturated carbocycles. The first-order valence-electron chi connectivity index (χ1n) is 6.49. The minimum absolute atomic E-state index is 0.0346. The van der Waals surface area contributed by atoms with Crippen LogP contribution in [0.5, 0.6) is 5.75 Å². The van der Waals surface area contributed by atoms with Crippen molar-refractivity contribution in [1.82, 2.24) is 0 Å². The topological polar surface area (TPSA) is 49.8 Å². The molecular weight excluding hydrogens is 274 g/mol. The second-order valence-corrected chi connectivity index (χ2v) is 5.55. The molecule has 5 heteroatoms. The largest absolute Gasteiger partial charge is 0.507 e. The van der Waals surface area contributed by atoms with E-state index in [1.54, 1.807) is 18.2 Å². The lowest BCUT2D eigenvalue weighted by atomic mass is 10.1. The molecule has 3 rings (SSSR count). The van der Waals surface area contributed by atoms with Gasteiger partial charge in [-0.2, -0.15) is 0 Å². The first-order chi connectivity index (χ1) is 9.75. The normalized spacial score (nSPS) is 15.3. The van der Waals surface area contributed by atoms with Crippen LogP contribution in [0.2, 0.25) is 0 Å². The van der Waals surface area contributed by atoms with Crippen LogP contribution in [0.3, 0.4) is 0 Å². The molecule has 2 heterocycles. The van der Waals surface area contributed by atoms with Crippen LogP contribution in [0.25, 0.3) is 0 Å². The molecule has 104 valence electrons. The third-order valence-electron chi connectivity index (χ3n) is 3.35. The number of ketones is 1. The number of nitrogens with zero attached hydrogens (tertiary/aromatic N) is 1. The smallest absolute Gasteiger partial charge is 0.206 e. The highest BCUT2D eigenvalue weighted by Crippen LogP contribution is 2.28. The fourth-order valence-corrected chi connectivity index (χ4v) is 2.95. The number of ether oxygens (including phenoxy) is 1. The number of phenols is 1. The van der Waals surface area contributed by atoms with Crippen LogP contribution in [0, 0.1) is 0 Å². The molecule has 1 aliphatic rings. The standard InChI is InChI=1S/C15H15NO3S/c17-13-10-11(16-5-7-19-8-6-16)3-4-12(13)15(18)14-2-1-9-20-14/h1-4,9-10,17H,5-8H2. The van der Waals surface area contributed by atoms with Gasteiger partial charge in [-0.15, -0.1) is 11.3 Å². The zero-order valence-electron chi connectivity index (χ0n) is 10.9. The van der Waals surface area contributed by atoms with Gasteiger partial charge < -0.3 is 14.7 Å². The Balaban J connectivity index is 1.85. The number of thiophene rings is 1. The number of phenolic OH excluding ortho intramolecular Hbond substituents is 1.